The Morgan fingerprint density at radius 3 is 2.93 bits per heavy atom. The zero-order valence-electron chi connectivity index (χ0n) is 8.06. The van der Waals surface area contributed by atoms with Crippen molar-refractivity contribution < 1.29 is 8.78 Å². The number of fused-ring (bicyclic) bond motifs is 1. The molecule has 0 unspecified atom stereocenters. The van der Waals surface area contributed by atoms with Gasteiger partial charge in [0.25, 0.3) is 5.92 Å². The number of nitrogens with zero attached hydrogens (tertiary/aromatic N) is 2. The molecule has 0 saturated carbocycles. The van der Waals surface area contributed by atoms with Gasteiger partial charge < -0.3 is 5.73 Å². The topological polar surface area (TPSA) is 43.8 Å². The lowest BCUT2D eigenvalue weighted by Crippen LogP contribution is -2.22. The quantitative estimate of drug-likeness (QED) is 0.744. The molecule has 78 valence electrons. The molecule has 0 aromatic carbocycles. The van der Waals surface area contributed by atoms with Gasteiger partial charge in [0.2, 0.25) is 0 Å². The summed E-state index contributed by atoms with van der Waals surface area (Å²) in [6.45, 7) is 0.0821. The Labute approximate surface area is 80.9 Å². The monoisotopic (exact) mass is 201 g/mol. The molecular weight excluding hydrogens is 188 g/mol. The van der Waals surface area contributed by atoms with Crippen molar-refractivity contribution >= 4 is 0 Å². The molecule has 2 rings (SSSR count). The fourth-order valence-corrected chi connectivity index (χ4v) is 2.07. The number of halogens is 2. The smallest absolute Gasteiger partial charge is 0.276 e. The van der Waals surface area contributed by atoms with Crippen molar-refractivity contribution in [3.63, 3.8) is 0 Å². The summed E-state index contributed by atoms with van der Waals surface area (Å²) in [5, 5.41) is 4.02. The number of rotatable bonds is 1. The van der Waals surface area contributed by atoms with E-state index in [1.807, 2.05) is 0 Å². The second-order valence-electron chi connectivity index (χ2n) is 3.65. The molecule has 0 spiro atoms. The molecule has 0 radical (unpaired) electrons. The van der Waals surface area contributed by atoms with Crippen molar-refractivity contribution in [3.05, 3.63) is 17.0 Å². The van der Waals surface area contributed by atoms with Crippen LogP contribution in [-0.4, -0.2) is 9.78 Å². The first-order valence-electron chi connectivity index (χ1n) is 4.69. The van der Waals surface area contributed by atoms with Crippen LogP contribution >= 0.6 is 0 Å². The normalized spacial score (nSPS) is 19.4. The third kappa shape index (κ3) is 1.23. The molecule has 1 aliphatic carbocycles. The Bertz CT molecular complexity index is 357. The van der Waals surface area contributed by atoms with E-state index in [1.54, 1.807) is 7.05 Å². The average Bonchev–Trinajstić information content (AvgIpc) is 2.44. The van der Waals surface area contributed by atoms with Crippen molar-refractivity contribution in [3.8, 4) is 0 Å². The van der Waals surface area contributed by atoms with Crippen LogP contribution in [0, 0.1) is 0 Å². The molecule has 0 amide bonds. The van der Waals surface area contributed by atoms with E-state index in [2.05, 4.69) is 5.10 Å². The Hall–Kier alpha value is -0.970. The number of hydrogen-bond donors (Lipinski definition) is 1. The summed E-state index contributed by atoms with van der Waals surface area (Å²) in [6.07, 6.45) is 1.11. The van der Waals surface area contributed by atoms with E-state index < -0.39 is 5.92 Å². The molecule has 1 aliphatic rings. The zero-order valence-corrected chi connectivity index (χ0v) is 8.06. The summed E-state index contributed by atoms with van der Waals surface area (Å²) in [7, 11) is 1.69. The van der Waals surface area contributed by atoms with E-state index in [-0.39, 0.29) is 18.5 Å². The molecule has 1 aromatic heterocycles. The Morgan fingerprint density at radius 2 is 2.29 bits per heavy atom. The van der Waals surface area contributed by atoms with Gasteiger partial charge in [-0.1, -0.05) is 0 Å². The molecule has 14 heavy (non-hydrogen) atoms. The van der Waals surface area contributed by atoms with E-state index >= 15 is 0 Å². The van der Waals surface area contributed by atoms with Crippen LogP contribution in [0.1, 0.15) is 29.8 Å². The standard InChI is InChI=1S/C9H13F2N3/c1-14-7-3-2-4-9(10,11)8(7)6(5-12)13-14/h2-5,12H2,1H3. The molecule has 0 aliphatic heterocycles. The highest BCUT2D eigenvalue weighted by Crippen LogP contribution is 2.41. The van der Waals surface area contributed by atoms with Gasteiger partial charge in [-0.05, 0) is 12.8 Å². The summed E-state index contributed by atoms with van der Waals surface area (Å²) in [5.41, 5.74) is 6.46. The van der Waals surface area contributed by atoms with Gasteiger partial charge in [0.15, 0.2) is 0 Å². The van der Waals surface area contributed by atoms with Gasteiger partial charge in [-0.25, -0.2) is 8.78 Å². The number of alkyl halides is 2. The number of aromatic nitrogens is 2. The summed E-state index contributed by atoms with van der Waals surface area (Å²) in [6, 6.07) is 0. The minimum absolute atomic E-state index is 0.0775. The molecule has 0 atom stereocenters. The Balaban J connectivity index is 2.60. The van der Waals surface area contributed by atoms with Crippen LogP contribution in [0.25, 0.3) is 0 Å². The summed E-state index contributed by atoms with van der Waals surface area (Å²) < 4.78 is 28.6. The van der Waals surface area contributed by atoms with Gasteiger partial charge in [-0.2, -0.15) is 5.10 Å². The maximum atomic E-state index is 13.5. The predicted octanol–water partition coefficient (Wildman–Crippen LogP) is 1.31. The third-order valence-electron chi connectivity index (χ3n) is 2.70. The van der Waals surface area contributed by atoms with E-state index in [4.69, 9.17) is 5.73 Å². The first-order valence-corrected chi connectivity index (χ1v) is 4.69. The third-order valence-corrected chi connectivity index (χ3v) is 2.70. The highest BCUT2D eigenvalue weighted by Gasteiger charge is 2.41. The second kappa shape index (κ2) is 3.02. The highest BCUT2D eigenvalue weighted by atomic mass is 19.3. The molecule has 3 nitrogen and oxygen atoms in total. The van der Waals surface area contributed by atoms with Crippen LogP contribution in [0.2, 0.25) is 0 Å². The largest absolute Gasteiger partial charge is 0.325 e. The molecule has 2 N–H and O–H groups in total. The zero-order chi connectivity index (χ0) is 10.3. The fraction of sp³-hybridized carbons (Fsp3) is 0.667. The predicted molar refractivity (Wildman–Crippen MR) is 47.9 cm³/mol. The summed E-state index contributed by atoms with van der Waals surface area (Å²) in [5.74, 6) is -2.74. The molecule has 1 heterocycles. The molecule has 0 saturated heterocycles. The molecule has 0 fully saturated rings. The maximum absolute atomic E-state index is 13.5. The number of hydrogen-bond acceptors (Lipinski definition) is 2. The second-order valence-corrected chi connectivity index (χ2v) is 3.65. The van der Waals surface area contributed by atoms with Gasteiger partial charge in [0.05, 0.1) is 11.3 Å². The van der Waals surface area contributed by atoms with E-state index in [9.17, 15) is 8.78 Å². The number of aryl methyl sites for hydroxylation is 1. The van der Waals surface area contributed by atoms with E-state index in [0.29, 0.717) is 24.2 Å². The summed E-state index contributed by atoms with van der Waals surface area (Å²) in [4.78, 5) is 0. The van der Waals surface area contributed by atoms with Crippen molar-refractivity contribution in [2.75, 3.05) is 0 Å². The highest BCUT2D eigenvalue weighted by molar-refractivity contribution is 5.33. The van der Waals surface area contributed by atoms with Crippen molar-refractivity contribution in [2.45, 2.75) is 31.7 Å². The fourth-order valence-electron chi connectivity index (χ4n) is 2.07. The lowest BCUT2D eigenvalue weighted by atomic mass is 9.92. The minimum atomic E-state index is -2.74. The van der Waals surface area contributed by atoms with Crippen LogP contribution in [0.15, 0.2) is 0 Å². The van der Waals surface area contributed by atoms with Crippen molar-refractivity contribution in [1.82, 2.24) is 9.78 Å². The maximum Gasteiger partial charge on any atom is 0.276 e. The van der Waals surface area contributed by atoms with E-state index in [0.717, 1.165) is 0 Å². The molecule has 5 heteroatoms. The van der Waals surface area contributed by atoms with Crippen LogP contribution in [-0.2, 0) is 25.9 Å². The lowest BCUT2D eigenvalue weighted by molar-refractivity contribution is -0.0228. The number of nitrogens with two attached hydrogens (primary N) is 1. The molecule has 1 aromatic rings. The first kappa shape index (κ1) is 9.58. The SMILES string of the molecule is Cn1nc(CN)c2c1CCCC2(F)F. The Kier molecular flexibility index (Phi) is 2.06. The lowest BCUT2D eigenvalue weighted by Gasteiger charge is -2.22. The summed E-state index contributed by atoms with van der Waals surface area (Å²) >= 11 is 0. The van der Waals surface area contributed by atoms with Gasteiger partial charge in [0.1, 0.15) is 0 Å². The van der Waals surface area contributed by atoms with Crippen molar-refractivity contribution in [2.24, 2.45) is 12.8 Å². The first-order chi connectivity index (χ1) is 6.56. The van der Waals surface area contributed by atoms with Gasteiger partial charge in [0, 0.05) is 25.7 Å². The van der Waals surface area contributed by atoms with Gasteiger partial charge in [-0.3, -0.25) is 4.68 Å². The minimum Gasteiger partial charge on any atom is -0.325 e. The Morgan fingerprint density at radius 1 is 1.57 bits per heavy atom. The van der Waals surface area contributed by atoms with Crippen LogP contribution in [0.4, 0.5) is 8.78 Å². The van der Waals surface area contributed by atoms with Crippen LogP contribution < -0.4 is 5.73 Å². The van der Waals surface area contributed by atoms with Gasteiger partial charge >= 0.3 is 0 Å². The average molecular weight is 201 g/mol. The van der Waals surface area contributed by atoms with Crippen molar-refractivity contribution in [1.29, 1.82) is 0 Å². The molecule has 0 bridgehead atoms. The van der Waals surface area contributed by atoms with Gasteiger partial charge in [-0.15, -0.1) is 0 Å². The van der Waals surface area contributed by atoms with Crippen LogP contribution in [0.3, 0.4) is 0 Å². The molecular formula is C9H13F2N3. The van der Waals surface area contributed by atoms with Crippen LogP contribution in [0.5, 0.6) is 0 Å². The van der Waals surface area contributed by atoms with E-state index in [1.165, 1.54) is 4.68 Å².